The van der Waals surface area contributed by atoms with Crippen molar-refractivity contribution in [1.82, 2.24) is 14.8 Å². The maximum atomic E-state index is 5.19. The Morgan fingerprint density at radius 3 is 2.73 bits per heavy atom. The minimum atomic E-state index is 0.588. The van der Waals surface area contributed by atoms with Crippen molar-refractivity contribution in [3.63, 3.8) is 0 Å². The monoisotopic (exact) mass is 219 g/mol. The van der Waals surface area contributed by atoms with E-state index in [4.69, 9.17) is 12.2 Å². The summed E-state index contributed by atoms with van der Waals surface area (Å²) in [5, 5.41) is 3.20. The van der Waals surface area contributed by atoms with E-state index in [1.165, 1.54) is 0 Å². The molecule has 0 saturated carbocycles. The number of aromatic amines is 1. The lowest BCUT2D eigenvalue weighted by Crippen LogP contribution is -1.96. The van der Waals surface area contributed by atoms with Crippen LogP contribution >= 0.6 is 12.2 Å². The predicted molar refractivity (Wildman–Crippen MR) is 62.7 cm³/mol. The van der Waals surface area contributed by atoms with Gasteiger partial charge in [0.2, 0.25) is 4.77 Å². The first kappa shape index (κ1) is 10.1. The number of aromatic nitrogens is 3. The summed E-state index contributed by atoms with van der Waals surface area (Å²) in [7, 11) is 0. The Bertz CT molecular complexity index is 484. The Labute approximate surface area is 93.8 Å². The average Bonchev–Trinajstić information content (AvgIpc) is 2.61. The van der Waals surface area contributed by atoms with Crippen LogP contribution in [-0.2, 0) is 6.42 Å². The number of H-pyrrole nitrogens is 1. The van der Waals surface area contributed by atoms with E-state index in [-0.39, 0.29) is 0 Å². The van der Waals surface area contributed by atoms with Crippen molar-refractivity contribution < 1.29 is 0 Å². The third-order valence-electron chi connectivity index (χ3n) is 2.16. The third-order valence-corrected chi connectivity index (χ3v) is 2.44. The highest BCUT2D eigenvalue weighted by molar-refractivity contribution is 7.71. The molecule has 1 N–H and O–H groups in total. The van der Waals surface area contributed by atoms with Crippen LogP contribution in [0.15, 0.2) is 30.3 Å². The fourth-order valence-corrected chi connectivity index (χ4v) is 1.73. The van der Waals surface area contributed by atoms with Gasteiger partial charge in [-0.2, -0.15) is 0 Å². The molecular formula is C11H13N3S. The van der Waals surface area contributed by atoms with Crippen molar-refractivity contribution in [2.24, 2.45) is 0 Å². The normalized spacial score (nSPS) is 10.5. The molecule has 2 rings (SSSR count). The van der Waals surface area contributed by atoms with Crippen molar-refractivity contribution in [2.75, 3.05) is 0 Å². The molecule has 0 aliphatic heterocycles. The second-order valence-electron chi connectivity index (χ2n) is 3.37. The number of hydrogen-bond donors (Lipinski definition) is 1. The third kappa shape index (κ3) is 2.15. The zero-order chi connectivity index (χ0) is 10.7. The molecule has 15 heavy (non-hydrogen) atoms. The summed E-state index contributed by atoms with van der Waals surface area (Å²) in [5.41, 5.74) is 1.03. The van der Waals surface area contributed by atoms with Gasteiger partial charge < -0.3 is 0 Å². The molecule has 0 atom stereocenters. The van der Waals surface area contributed by atoms with E-state index in [1.807, 2.05) is 35.0 Å². The van der Waals surface area contributed by atoms with Crippen molar-refractivity contribution in [2.45, 2.75) is 19.8 Å². The largest absolute Gasteiger partial charge is 0.278 e. The van der Waals surface area contributed by atoms with E-state index >= 15 is 0 Å². The minimum Gasteiger partial charge on any atom is -0.278 e. The van der Waals surface area contributed by atoms with Crippen molar-refractivity contribution in [3.05, 3.63) is 40.9 Å². The number of aryl methyl sites for hydroxylation is 1. The number of hydrogen-bond acceptors (Lipinski definition) is 2. The Kier molecular flexibility index (Phi) is 2.97. The van der Waals surface area contributed by atoms with Crippen LogP contribution in [0, 0.1) is 4.77 Å². The molecule has 78 valence electrons. The first-order valence-electron chi connectivity index (χ1n) is 5.04. The van der Waals surface area contributed by atoms with E-state index in [0.29, 0.717) is 4.77 Å². The van der Waals surface area contributed by atoms with Gasteiger partial charge in [0.15, 0.2) is 0 Å². The molecule has 0 fully saturated rings. The number of nitrogens with zero attached hydrogens (tertiary/aromatic N) is 2. The Morgan fingerprint density at radius 1 is 1.33 bits per heavy atom. The SMILES string of the molecule is CCCc1nc(=S)n(-c2ccccc2)[nH]1. The molecule has 2 aromatic rings. The highest BCUT2D eigenvalue weighted by atomic mass is 32.1. The molecule has 1 aromatic heterocycles. The second-order valence-corrected chi connectivity index (χ2v) is 3.74. The van der Waals surface area contributed by atoms with Gasteiger partial charge in [-0.05, 0) is 30.8 Å². The van der Waals surface area contributed by atoms with Crippen molar-refractivity contribution >= 4 is 12.2 Å². The summed E-state index contributed by atoms with van der Waals surface area (Å²) in [6.45, 7) is 2.12. The number of para-hydroxylation sites is 1. The molecule has 1 heterocycles. The zero-order valence-electron chi connectivity index (χ0n) is 8.60. The van der Waals surface area contributed by atoms with Crippen LogP contribution < -0.4 is 0 Å². The lowest BCUT2D eigenvalue weighted by atomic mass is 10.3. The van der Waals surface area contributed by atoms with Gasteiger partial charge >= 0.3 is 0 Å². The summed E-state index contributed by atoms with van der Waals surface area (Å²) in [4.78, 5) is 4.30. The summed E-state index contributed by atoms with van der Waals surface area (Å²) < 4.78 is 2.42. The highest BCUT2D eigenvalue weighted by Crippen LogP contribution is 2.07. The average molecular weight is 219 g/mol. The van der Waals surface area contributed by atoms with Gasteiger partial charge in [0, 0.05) is 6.42 Å². The maximum Gasteiger partial charge on any atom is 0.220 e. The molecule has 0 bridgehead atoms. The van der Waals surface area contributed by atoms with Crippen molar-refractivity contribution in [1.29, 1.82) is 0 Å². The van der Waals surface area contributed by atoms with Gasteiger partial charge in [-0.3, -0.25) is 5.10 Å². The van der Waals surface area contributed by atoms with Crippen LogP contribution in [0.3, 0.4) is 0 Å². The van der Waals surface area contributed by atoms with Crippen LogP contribution in [0.1, 0.15) is 19.2 Å². The predicted octanol–water partition coefficient (Wildman–Crippen LogP) is 2.88. The Morgan fingerprint density at radius 2 is 2.07 bits per heavy atom. The molecule has 0 unspecified atom stereocenters. The fourth-order valence-electron chi connectivity index (χ4n) is 1.47. The van der Waals surface area contributed by atoms with Gasteiger partial charge in [-0.1, -0.05) is 25.1 Å². The first-order chi connectivity index (χ1) is 7.31. The molecule has 0 aliphatic rings. The van der Waals surface area contributed by atoms with Gasteiger partial charge in [0.25, 0.3) is 0 Å². The molecule has 0 spiro atoms. The van der Waals surface area contributed by atoms with Gasteiger partial charge in [-0.15, -0.1) is 0 Å². The van der Waals surface area contributed by atoms with Gasteiger partial charge in [-0.25, -0.2) is 9.67 Å². The smallest absolute Gasteiger partial charge is 0.220 e. The number of nitrogens with one attached hydrogen (secondary N) is 1. The van der Waals surface area contributed by atoms with Gasteiger partial charge in [0.05, 0.1) is 5.69 Å². The van der Waals surface area contributed by atoms with Gasteiger partial charge in [0.1, 0.15) is 5.82 Å². The topological polar surface area (TPSA) is 33.6 Å². The first-order valence-corrected chi connectivity index (χ1v) is 5.45. The van der Waals surface area contributed by atoms with Crippen LogP contribution in [0.5, 0.6) is 0 Å². The summed E-state index contributed by atoms with van der Waals surface area (Å²) in [5.74, 6) is 0.950. The molecule has 0 amide bonds. The molecule has 0 aliphatic carbocycles. The standard InChI is InChI=1S/C11H13N3S/c1-2-6-10-12-11(15)14(13-10)9-7-4-3-5-8-9/h3-5,7-8H,2,6H2,1H3,(H,12,13,15). The molecule has 1 aromatic carbocycles. The summed E-state index contributed by atoms with van der Waals surface area (Å²) in [6, 6.07) is 9.96. The van der Waals surface area contributed by atoms with E-state index in [9.17, 15) is 0 Å². The van der Waals surface area contributed by atoms with E-state index in [0.717, 1.165) is 24.4 Å². The molecule has 0 saturated heterocycles. The minimum absolute atomic E-state index is 0.588. The van der Waals surface area contributed by atoms with Crippen molar-refractivity contribution in [3.8, 4) is 5.69 Å². The van der Waals surface area contributed by atoms with Crippen LogP contribution in [0.4, 0.5) is 0 Å². The Hall–Kier alpha value is -1.42. The highest BCUT2D eigenvalue weighted by Gasteiger charge is 2.02. The zero-order valence-corrected chi connectivity index (χ0v) is 9.42. The molecular weight excluding hydrogens is 206 g/mol. The van der Waals surface area contributed by atoms with E-state index in [1.54, 1.807) is 0 Å². The summed E-state index contributed by atoms with van der Waals surface area (Å²) >= 11 is 5.19. The maximum absolute atomic E-state index is 5.19. The Balaban J connectivity index is 2.41. The molecule has 3 nitrogen and oxygen atoms in total. The van der Waals surface area contributed by atoms with Crippen LogP contribution in [0.25, 0.3) is 5.69 Å². The second kappa shape index (κ2) is 4.40. The lowest BCUT2D eigenvalue weighted by molar-refractivity contribution is 0.797. The van der Waals surface area contributed by atoms with Crippen LogP contribution in [-0.4, -0.2) is 14.8 Å². The number of benzene rings is 1. The summed E-state index contributed by atoms with van der Waals surface area (Å²) in [6.07, 6.45) is 2.00. The lowest BCUT2D eigenvalue weighted by Gasteiger charge is -2.00. The number of rotatable bonds is 3. The van der Waals surface area contributed by atoms with E-state index in [2.05, 4.69) is 17.0 Å². The van der Waals surface area contributed by atoms with E-state index < -0.39 is 0 Å². The van der Waals surface area contributed by atoms with Crippen LogP contribution in [0.2, 0.25) is 0 Å². The fraction of sp³-hybridized carbons (Fsp3) is 0.273. The molecule has 4 heteroatoms. The molecule has 0 radical (unpaired) electrons. The quantitative estimate of drug-likeness (QED) is 0.805.